The maximum atomic E-state index is 13.9. The van der Waals surface area contributed by atoms with E-state index in [9.17, 15) is 18.8 Å². The molecule has 4 rings (SSSR count). The molecule has 1 aliphatic rings. The van der Waals surface area contributed by atoms with Crippen LogP contribution in [0, 0.1) is 5.82 Å². The number of carbonyl (C=O) groups is 3. The molecule has 3 amide bonds. The van der Waals surface area contributed by atoms with Crippen LogP contribution in [0.2, 0.25) is 10.0 Å². The summed E-state index contributed by atoms with van der Waals surface area (Å²) in [5, 5.41) is 6.56. The van der Waals surface area contributed by atoms with Crippen LogP contribution in [0.4, 0.5) is 10.2 Å². The smallest absolute Gasteiger partial charge is 0.245 e. The lowest BCUT2D eigenvalue weighted by Gasteiger charge is -2.37. The van der Waals surface area contributed by atoms with Crippen molar-refractivity contribution in [2.45, 2.75) is 31.8 Å². The molecule has 1 fully saturated rings. The van der Waals surface area contributed by atoms with Gasteiger partial charge in [-0.3, -0.25) is 14.4 Å². The molecular formula is C30H33Cl2FN6O3. The van der Waals surface area contributed by atoms with Gasteiger partial charge in [0.05, 0.1) is 6.42 Å². The van der Waals surface area contributed by atoms with Gasteiger partial charge in [0.2, 0.25) is 17.7 Å². The van der Waals surface area contributed by atoms with Crippen molar-refractivity contribution in [2.75, 3.05) is 37.6 Å². The van der Waals surface area contributed by atoms with E-state index >= 15 is 0 Å². The minimum Gasteiger partial charge on any atom is -0.353 e. The maximum absolute atomic E-state index is 13.9. The second-order valence-corrected chi connectivity index (χ2v) is 10.8. The molecule has 0 bridgehead atoms. The number of aromatic nitrogens is 1. The topological polar surface area (TPSA) is 121 Å². The van der Waals surface area contributed by atoms with Crippen LogP contribution in [-0.4, -0.2) is 66.4 Å². The Morgan fingerprint density at radius 2 is 1.69 bits per heavy atom. The first-order valence-corrected chi connectivity index (χ1v) is 14.4. The molecule has 0 radical (unpaired) electrons. The largest absolute Gasteiger partial charge is 0.353 e. The third-order valence-corrected chi connectivity index (χ3v) is 7.57. The quantitative estimate of drug-likeness (QED) is 0.305. The number of nitrogens with zero attached hydrogens (tertiary/aromatic N) is 3. The third-order valence-electron chi connectivity index (χ3n) is 6.99. The highest BCUT2D eigenvalue weighted by Crippen LogP contribution is 2.24. The third kappa shape index (κ3) is 8.40. The molecule has 1 aliphatic heterocycles. The summed E-state index contributed by atoms with van der Waals surface area (Å²) in [6.07, 6.45) is 1.93. The number of amides is 3. The van der Waals surface area contributed by atoms with Gasteiger partial charge >= 0.3 is 0 Å². The van der Waals surface area contributed by atoms with Crippen molar-refractivity contribution in [3.05, 3.63) is 93.3 Å². The van der Waals surface area contributed by atoms with Crippen molar-refractivity contribution in [1.82, 2.24) is 20.5 Å². The number of piperazine rings is 1. The molecule has 2 heterocycles. The Morgan fingerprint density at radius 3 is 2.40 bits per heavy atom. The normalized spacial score (nSPS) is 13.9. The Balaban J connectivity index is 1.38. The van der Waals surface area contributed by atoms with Gasteiger partial charge < -0.3 is 26.2 Å². The highest BCUT2D eigenvalue weighted by molar-refractivity contribution is 6.35. The first-order chi connectivity index (χ1) is 20.2. The van der Waals surface area contributed by atoms with Gasteiger partial charge in [0.15, 0.2) is 0 Å². The van der Waals surface area contributed by atoms with E-state index in [1.165, 1.54) is 6.07 Å². The predicted octanol–water partition coefficient (Wildman–Crippen LogP) is 3.11. The Kier molecular flexibility index (Phi) is 11.1. The zero-order valence-electron chi connectivity index (χ0n) is 23.0. The summed E-state index contributed by atoms with van der Waals surface area (Å²) in [6, 6.07) is 14.1. The van der Waals surface area contributed by atoms with E-state index in [4.69, 9.17) is 28.9 Å². The molecule has 1 saturated heterocycles. The second kappa shape index (κ2) is 14.9. The highest BCUT2D eigenvalue weighted by Gasteiger charge is 2.30. The zero-order valence-corrected chi connectivity index (χ0v) is 24.5. The average Bonchev–Trinajstić information content (AvgIpc) is 2.98. The van der Waals surface area contributed by atoms with Gasteiger partial charge in [0.1, 0.15) is 17.7 Å². The van der Waals surface area contributed by atoms with Crippen LogP contribution < -0.4 is 21.3 Å². The fourth-order valence-corrected chi connectivity index (χ4v) is 5.27. The number of carbonyl (C=O) groups excluding carboxylic acids is 3. The van der Waals surface area contributed by atoms with Crippen molar-refractivity contribution in [3.63, 3.8) is 0 Å². The van der Waals surface area contributed by atoms with Crippen LogP contribution in [0.25, 0.3) is 0 Å². The standard InChI is InChI=1S/C30H33Cl2FN6O3/c31-23-8-7-20(24(32)18-23)16-26(37-27(40)9-10-34)30(42)39-14-12-38(13-15-39)29-22(5-3-11-35-29)19-36-28(41)17-21-4-1-2-6-25(21)33/h1-8,11,18,26H,9-10,12-17,19,34H2,(H,36,41)(H,37,40)/t26-/m1/s1. The summed E-state index contributed by atoms with van der Waals surface area (Å²) in [7, 11) is 0. The maximum Gasteiger partial charge on any atom is 0.245 e. The SMILES string of the molecule is NCCC(=O)N[C@H](Cc1ccc(Cl)cc1Cl)C(=O)N1CCN(c2ncccc2CNC(=O)Cc2ccccc2F)CC1. The number of halogens is 3. The Labute approximate surface area is 254 Å². The Hall–Kier alpha value is -3.73. The van der Waals surface area contributed by atoms with E-state index in [0.717, 1.165) is 5.56 Å². The summed E-state index contributed by atoms with van der Waals surface area (Å²) in [5.74, 6) is -0.535. The number of benzene rings is 2. The molecule has 42 heavy (non-hydrogen) atoms. The number of nitrogens with two attached hydrogens (primary N) is 1. The minimum atomic E-state index is -0.815. The van der Waals surface area contributed by atoms with Gasteiger partial charge in [-0.1, -0.05) is 53.5 Å². The summed E-state index contributed by atoms with van der Waals surface area (Å²) in [5.41, 5.74) is 7.37. The molecule has 1 atom stereocenters. The molecule has 0 aliphatic carbocycles. The molecule has 1 aromatic heterocycles. The number of anilines is 1. The van der Waals surface area contributed by atoms with Crippen molar-refractivity contribution >= 4 is 46.7 Å². The molecule has 3 aromatic rings. The Morgan fingerprint density at radius 1 is 0.952 bits per heavy atom. The summed E-state index contributed by atoms with van der Waals surface area (Å²) in [4.78, 5) is 46.8. The van der Waals surface area contributed by atoms with Gasteiger partial charge in [-0.15, -0.1) is 0 Å². The Bertz CT molecular complexity index is 1420. The van der Waals surface area contributed by atoms with Gasteiger partial charge in [-0.25, -0.2) is 9.37 Å². The lowest BCUT2D eigenvalue weighted by atomic mass is 10.0. The number of rotatable bonds is 11. The molecular weight excluding hydrogens is 582 g/mol. The molecule has 0 saturated carbocycles. The van der Waals surface area contributed by atoms with Crippen LogP contribution in [-0.2, 0) is 33.8 Å². The minimum absolute atomic E-state index is 0.0622. The first-order valence-electron chi connectivity index (χ1n) is 13.7. The van der Waals surface area contributed by atoms with E-state index < -0.39 is 11.9 Å². The molecule has 9 nitrogen and oxygen atoms in total. The fraction of sp³-hybridized carbons (Fsp3) is 0.333. The lowest BCUT2D eigenvalue weighted by Crippen LogP contribution is -2.56. The van der Waals surface area contributed by atoms with Crippen LogP contribution in [0.1, 0.15) is 23.1 Å². The highest BCUT2D eigenvalue weighted by atomic mass is 35.5. The molecule has 0 unspecified atom stereocenters. The van der Waals surface area contributed by atoms with Gasteiger partial charge in [0.25, 0.3) is 0 Å². The van der Waals surface area contributed by atoms with E-state index in [-0.39, 0.29) is 50.1 Å². The van der Waals surface area contributed by atoms with Gasteiger partial charge in [0, 0.05) is 73.9 Å². The lowest BCUT2D eigenvalue weighted by molar-refractivity contribution is -0.136. The number of hydrogen-bond acceptors (Lipinski definition) is 6. The van der Waals surface area contributed by atoms with Crippen LogP contribution >= 0.6 is 23.2 Å². The molecule has 12 heteroatoms. The van der Waals surface area contributed by atoms with Crippen molar-refractivity contribution < 1.29 is 18.8 Å². The number of pyridine rings is 1. The van der Waals surface area contributed by atoms with Gasteiger partial charge in [-0.05, 0) is 35.4 Å². The first kappa shape index (κ1) is 31.2. The summed E-state index contributed by atoms with van der Waals surface area (Å²) < 4.78 is 13.9. The average molecular weight is 616 g/mol. The van der Waals surface area contributed by atoms with E-state index in [0.29, 0.717) is 53.2 Å². The summed E-state index contributed by atoms with van der Waals surface area (Å²) >= 11 is 12.4. The van der Waals surface area contributed by atoms with Crippen LogP contribution in [0.3, 0.4) is 0 Å². The van der Waals surface area contributed by atoms with Crippen molar-refractivity contribution in [1.29, 1.82) is 0 Å². The van der Waals surface area contributed by atoms with Gasteiger partial charge in [-0.2, -0.15) is 0 Å². The van der Waals surface area contributed by atoms with Crippen molar-refractivity contribution in [2.24, 2.45) is 5.73 Å². The van der Waals surface area contributed by atoms with Crippen molar-refractivity contribution in [3.8, 4) is 0 Å². The van der Waals surface area contributed by atoms with E-state index in [2.05, 4.69) is 20.5 Å². The zero-order chi connectivity index (χ0) is 30.1. The monoisotopic (exact) mass is 614 g/mol. The fourth-order valence-electron chi connectivity index (χ4n) is 4.79. The van der Waals surface area contributed by atoms with Crippen LogP contribution in [0.15, 0.2) is 60.8 Å². The number of nitrogens with one attached hydrogen (secondary N) is 2. The molecule has 2 aromatic carbocycles. The second-order valence-electron chi connectivity index (χ2n) is 9.94. The molecule has 0 spiro atoms. The number of hydrogen-bond donors (Lipinski definition) is 3. The van der Waals surface area contributed by atoms with Crippen LogP contribution in [0.5, 0.6) is 0 Å². The summed E-state index contributed by atoms with van der Waals surface area (Å²) in [6.45, 7) is 2.22. The predicted molar refractivity (Wildman–Crippen MR) is 161 cm³/mol. The van der Waals surface area contributed by atoms with E-state index in [1.54, 1.807) is 53.6 Å². The molecule has 222 valence electrons. The van der Waals surface area contributed by atoms with E-state index in [1.807, 2.05) is 6.07 Å². The molecule has 4 N–H and O–H groups in total.